The van der Waals surface area contributed by atoms with Crippen molar-refractivity contribution in [3.8, 4) is 0 Å². The van der Waals surface area contributed by atoms with Crippen LogP contribution in [0, 0.1) is 5.41 Å². The van der Waals surface area contributed by atoms with Gasteiger partial charge in [0, 0.05) is 12.0 Å². The average Bonchev–Trinajstić information content (AvgIpc) is 2.91. The van der Waals surface area contributed by atoms with Crippen LogP contribution in [0.4, 0.5) is 0 Å². The Labute approximate surface area is 124 Å². The van der Waals surface area contributed by atoms with Gasteiger partial charge in [0.1, 0.15) is 10.6 Å². The number of esters is 1. The van der Waals surface area contributed by atoms with Crippen molar-refractivity contribution in [2.24, 2.45) is 5.41 Å². The Morgan fingerprint density at radius 1 is 1.35 bits per heavy atom. The molecule has 0 aliphatic heterocycles. The fraction of sp³-hybridized carbons (Fsp3) is 0.733. The van der Waals surface area contributed by atoms with Crippen molar-refractivity contribution in [2.75, 3.05) is 13.7 Å². The van der Waals surface area contributed by atoms with Gasteiger partial charge in [0.15, 0.2) is 5.69 Å². The van der Waals surface area contributed by atoms with Crippen LogP contribution in [-0.4, -0.2) is 24.7 Å². The minimum atomic E-state index is -0.379. The number of aromatic nitrogens is 1. The van der Waals surface area contributed by atoms with Crippen LogP contribution < -0.4 is 0 Å². The summed E-state index contributed by atoms with van der Waals surface area (Å²) in [5, 5.41) is 2.68. The molecule has 0 bridgehead atoms. The third kappa shape index (κ3) is 3.04. The molecule has 1 aromatic rings. The lowest BCUT2D eigenvalue weighted by Crippen LogP contribution is -2.37. The maximum atomic E-state index is 11.6. The maximum absolute atomic E-state index is 11.6. The monoisotopic (exact) mass is 297 g/mol. The molecule has 0 aromatic carbocycles. The van der Waals surface area contributed by atoms with Gasteiger partial charge in [-0.05, 0) is 38.0 Å². The van der Waals surface area contributed by atoms with Crippen molar-refractivity contribution in [2.45, 2.75) is 52.1 Å². The van der Waals surface area contributed by atoms with Gasteiger partial charge < -0.3 is 9.47 Å². The number of carbonyl (C=O) groups excluding carboxylic acids is 1. The molecule has 0 atom stereocenters. The Morgan fingerprint density at radius 2 is 2.00 bits per heavy atom. The lowest BCUT2D eigenvalue weighted by Gasteiger charge is -2.42. The predicted molar refractivity (Wildman–Crippen MR) is 79.0 cm³/mol. The van der Waals surface area contributed by atoms with E-state index in [0.717, 1.165) is 30.7 Å². The molecule has 0 N–H and O–H groups in total. The van der Waals surface area contributed by atoms with E-state index in [2.05, 4.69) is 18.8 Å². The number of hydrogen-bond acceptors (Lipinski definition) is 5. The standard InChI is InChI=1S/C15H23NO3S/c1-5-19-15(8-6-14(2,3)7-9-15)13-16-11(10-20-13)12(17)18-4/h10H,5-9H2,1-4H3. The molecule has 0 unspecified atom stereocenters. The van der Waals surface area contributed by atoms with Gasteiger partial charge in [-0.25, -0.2) is 9.78 Å². The first kappa shape index (κ1) is 15.4. The molecule has 1 saturated carbocycles. The fourth-order valence-corrected chi connectivity index (χ4v) is 3.71. The van der Waals surface area contributed by atoms with Crippen molar-refractivity contribution in [3.63, 3.8) is 0 Å². The highest BCUT2D eigenvalue weighted by atomic mass is 32.1. The Morgan fingerprint density at radius 3 is 2.55 bits per heavy atom. The molecule has 1 aliphatic carbocycles. The molecule has 2 rings (SSSR count). The first-order chi connectivity index (χ1) is 9.42. The molecule has 1 heterocycles. The SMILES string of the molecule is CCOC1(c2nc(C(=O)OC)cs2)CCC(C)(C)CC1. The van der Waals surface area contributed by atoms with Gasteiger partial charge in [0.2, 0.25) is 0 Å². The summed E-state index contributed by atoms with van der Waals surface area (Å²) in [6, 6.07) is 0. The average molecular weight is 297 g/mol. The van der Waals surface area contributed by atoms with E-state index in [9.17, 15) is 4.79 Å². The van der Waals surface area contributed by atoms with Gasteiger partial charge in [0.05, 0.1) is 7.11 Å². The summed E-state index contributed by atoms with van der Waals surface area (Å²) >= 11 is 1.50. The van der Waals surface area contributed by atoms with E-state index >= 15 is 0 Å². The molecule has 0 amide bonds. The lowest BCUT2D eigenvalue weighted by atomic mass is 9.71. The molecule has 1 fully saturated rings. The molecule has 1 aliphatic rings. The van der Waals surface area contributed by atoms with E-state index in [4.69, 9.17) is 9.47 Å². The summed E-state index contributed by atoms with van der Waals surface area (Å²) in [6.07, 6.45) is 4.14. The number of rotatable bonds is 4. The first-order valence-electron chi connectivity index (χ1n) is 7.11. The Hall–Kier alpha value is -0.940. The third-order valence-corrected chi connectivity index (χ3v) is 5.15. The minimum absolute atomic E-state index is 0.318. The fourth-order valence-electron chi connectivity index (χ4n) is 2.71. The van der Waals surface area contributed by atoms with Crippen LogP contribution in [0.1, 0.15) is 62.0 Å². The normalized spacial score (nSPS) is 20.6. The zero-order valence-electron chi connectivity index (χ0n) is 12.7. The van der Waals surface area contributed by atoms with Crippen molar-refractivity contribution >= 4 is 17.3 Å². The van der Waals surface area contributed by atoms with E-state index in [-0.39, 0.29) is 11.6 Å². The van der Waals surface area contributed by atoms with Crippen LogP contribution in [0.5, 0.6) is 0 Å². The van der Waals surface area contributed by atoms with Gasteiger partial charge in [-0.2, -0.15) is 0 Å². The summed E-state index contributed by atoms with van der Waals surface area (Å²) in [6.45, 7) is 7.26. The molecule has 1 aromatic heterocycles. The maximum Gasteiger partial charge on any atom is 0.357 e. The smallest absolute Gasteiger partial charge is 0.357 e. The lowest BCUT2D eigenvalue weighted by molar-refractivity contribution is -0.0890. The summed E-state index contributed by atoms with van der Waals surface area (Å²) in [5.74, 6) is -0.379. The molecule has 4 nitrogen and oxygen atoms in total. The van der Waals surface area contributed by atoms with E-state index < -0.39 is 0 Å². The van der Waals surface area contributed by atoms with Gasteiger partial charge in [0.25, 0.3) is 0 Å². The number of hydrogen-bond donors (Lipinski definition) is 0. The van der Waals surface area contributed by atoms with E-state index in [1.165, 1.54) is 18.4 Å². The highest BCUT2D eigenvalue weighted by Gasteiger charge is 2.42. The third-order valence-electron chi connectivity index (χ3n) is 4.12. The summed E-state index contributed by atoms with van der Waals surface area (Å²) in [4.78, 5) is 16.0. The molecule has 0 spiro atoms. The van der Waals surface area contributed by atoms with Crippen LogP contribution in [0.25, 0.3) is 0 Å². The van der Waals surface area contributed by atoms with Crippen LogP contribution in [-0.2, 0) is 15.1 Å². The largest absolute Gasteiger partial charge is 0.464 e. The first-order valence-corrected chi connectivity index (χ1v) is 7.99. The predicted octanol–water partition coefficient (Wildman–Crippen LogP) is 3.76. The highest BCUT2D eigenvalue weighted by molar-refractivity contribution is 7.10. The molecule has 20 heavy (non-hydrogen) atoms. The van der Waals surface area contributed by atoms with Crippen molar-refractivity contribution < 1.29 is 14.3 Å². The van der Waals surface area contributed by atoms with E-state index in [1.54, 1.807) is 5.38 Å². The topological polar surface area (TPSA) is 48.4 Å². The highest BCUT2D eigenvalue weighted by Crippen LogP contribution is 2.48. The number of nitrogens with zero attached hydrogens (tertiary/aromatic N) is 1. The summed E-state index contributed by atoms with van der Waals surface area (Å²) < 4.78 is 10.8. The number of methoxy groups -OCH3 is 1. The zero-order chi connectivity index (χ0) is 14.8. The molecular weight excluding hydrogens is 274 g/mol. The Kier molecular flexibility index (Phi) is 4.49. The van der Waals surface area contributed by atoms with Gasteiger partial charge in [-0.1, -0.05) is 13.8 Å². The number of thiazole rings is 1. The van der Waals surface area contributed by atoms with E-state index in [0.29, 0.717) is 17.7 Å². The van der Waals surface area contributed by atoms with Crippen molar-refractivity contribution in [3.05, 3.63) is 16.1 Å². The number of carbonyl (C=O) groups is 1. The van der Waals surface area contributed by atoms with Crippen LogP contribution in [0.15, 0.2) is 5.38 Å². The van der Waals surface area contributed by atoms with Gasteiger partial charge >= 0.3 is 5.97 Å². The van der Waals surface area contributed by atoms with Crippen LogP contribution >= 0.6 is 11.3 Å². The quantitative estimate of drug-likeness (QED) is 0.794. The summed E-state index contributed by atoms with van der Waals surface area (Å²) in [7, 11) is 1.38. The number of ether oxygens (including phenoxy) is 2. The molecule has 0 radical (unpaired) electrons. The Bertz CT molecular complexity index is 471. The molecule has 112 valence electrons. The second kappa shape index (κ2) is 5.82. The molecule has 5 heteroatoms. The van der Waals surface area contributed by atoms with Crippen molar-refractivity contribution in [1.29, 1.82) is 0 Å². The second-order valence-corrected chi connectivity index (χ2v) is 6.98. The van der Waals surface area contributed by atoms with Crippen LogP contribution in [0.2, 0.25) is 0 Å². The van der Waals surface area contributed by atoms with E-state index in [1.807, 2.05) is 6.92 Å². The molecular formula is C15H23NO3S. The van der Waals surface area contributed by atoms with Crippen LogP contribution in [0.3, 0.4) is 0 Å². The Balaban J connectivity index is 2.25. The summed E-state index contributed by atoms with van der Waals surface area (Å²) in [5.41, 5.74) is 0.431. The zero-order valence-corrected chi connectivity index (χ0v) is 13.5. The van der Waals surface area contributed by atoms with Gasteiger partial charge in [-0.15, -0.1) is 11.3 Å². The second-order valence-electron chi connectivity index (χ2n) is 6.12. The minimum Gasteiger partial charge on any atom is -0.464 e. The molecule has 0 saturated heterocycles. The van der Waals surface area contributed by atoms with Gasteiger partial charge in [-0.3, -0.25) is 0 Å². The van der Waals surface area contributed by atoms with Crippen molar-refractivity contribution in [1.82, 2.24) is 4.98 Å².